The number of hydrogen-bond donors (Lipinski definition) is 0. The highest BCUT2D eigenvalue weighted by atomic mass is 16.5. The van der Waals surface area contributed by atoms with Gasteiger partial charge >= 0.3 is 0 Å². The Kier molecular flexibility index (Phi) is 3.37. The highest BCUT2D eigenvalue weighted by Gasteiger charge is 2.25. The molecule has 4 nitrogen and oxygen atoms in total. The maximum Gasteiger partial charge on any atom is 0.213 e. The van der Waals surface area contributed by atoms with Gasteiger partial charge in [-0.25, -0.2) is 0 Å². The zero-order chi connectivity index (χ0) is 15.8. The van der Waals surface area contributed by atoms with Crippen LogP contribution < -0.4 is 4.74 Å². The number of hydrogen-bond acceptors (Lipinski definition) is 3. The molecule has 0 saturated heterocycles. The largest absolute Gasteiger partial charge is 0.497 e. The van der Waals surface area contributed by atoms with Crippen LogP contribution in [0.15, 0.2) is 48.5 Å². The molecule has 1 aromatic heterocycles. The van der Waals surface area contributed by atoms with Gasteiger partial charge in [-0.1, -0.05) is 30.3 Å². The Hall–Kier alpha value is -2.62. The van der Waals surface area contributed by atoms with Crippen LogP contribution in [0.25, 0.3) is 10.9 Å². The molecule has 0 radical (unpaired) electrons. The maximum absolute atomic E-state index is 12.8. The molecule has 1 heterocycles. The first-order valence-electron chi connectivity index (χ1n) is 7.90. The number of nitrogens with zero attached hydrogens (tertiary/aromatic N) is 2. The summed E-state index contributed by atoms with van der Waals surface area (Å²) in [6, 6.07) is 15.1. The summed E-state index contributed by atoms with van der Waals surface area (Å²) in [7, 11) is 1.65. The van der Waals surface area contributed by atoms with Crippen LogP contribution in [0.4, 0.5) is 0 Å². The zero-order valence-electron chi connectivity index (χ0n) is 13.0. The third-order valence-electron chi connectivity index (χ3n) is 4.34. The van der Waals surface area contributed by atoms with Gasteiger partial charge in [-0.15, -0.1) is 0 Å². The summed E-state index contributed by atoms with van der Waals surface area (Å²) < 4.78 is 7.29. The quantitative estimate of drug-likeness (QED) is 0.675. The summed E-state index contributed by atoms with van der Waals surface area (Å²) in [5.41, 5.74) is 2.16. The molecule has 0 bridgehead atoms. The fourth-order valence-corrected chi connectivity index (χ4v) is 2.86. The smallest absolute Gasteiger partial charge is 0.213 e. The van der Waals surface area contributed by atoms with Crippen molar-refractivity contribution in [2.75, 3.05) is 7.11 Å². The lowest BCUT2D eigenvalue weighted by Gasteiger charge is -2.03. The lowest BCUT2D eigenvalue weighted by atomic mass is 10.1. The molecule has 0 aliphatic heterocycles. The second-order valence-electron chi connectivity index (χ2n) is 6.05. The minimum absolute atomic E-state index is 0.0321. The molecule has 116 valence electrons. The third-order valence-corrected chi connectivity index (χ3v) is 4.34. The molecular weight excluding hydrogens is 288 g/mol. The lowest BCUT2D eigenvalue weighted by molar-refractivity contribution is 0.103. The normalized spacial score (nSPS) is 14.1. The van der Waals surface area contributed by atoms with Gasteiger partial charge in [0.25, 0.3) is 0 Å². The Bertz CT molecular complexity index is 864. The standard InChI is InChI=1S/C19H18N2O2/c1-23-15-9-10-16-17(11-15)21(12-13-7-8-13)20-18(16)19(22)14-5-3-2-4-6-14/h2-6,9-11,13H,7-8,12H2,1H3. The monoisotopic (exact) mass is 306 g/mol. The number of fused-ring (bicyclic) bond motifs is 1. The SMILES string of the molecule is COc1ccc2c(C(=O)c3ccccc3)nn(CC3CC3)c2c1. The van der Waals surface area contributed by atoms with Crippen molar-refractivity contribution < 1.29 is 9.53 Å². The number of benzene rings is 2. The number of rotatable bonds is 5. The molecule has 1 fully saturated rings. The van der Waals surface area contributed by atoms with Crippen LogP contribution in [-0.4, -0.2) is 22.7 Å². The van der Waals surface area contributed by atoms with Crippen molar-refractivity contribution in [1.29, 1.82) is 0 Å². The van der Waals surface area contributed by atoms with Crippen LogP contribution >= 0.6 is 0 Å². The Morgan fingerprint density at radius 2 is 2.00 bits per heavy atom. The van der Waals surface area contributed by atoms with E-state index >= 15 is 0 Å². The van der Waals surface area contributed by atoms with E-state index in [0.717, 1.165) is 23.2 Å². The second kappa shape index (κ2) is 5.54. The van der Waals surface area contributed by atoms with Crippen LogP contribution in [0.3, 0.4) is 0 Å². The van der Waals surface area contributed by atoms with Crippen molar-refractivity contribution in [3.8, 4) is 5.75 Å². The predicted octanol–water partition coefficient (Wildman–Crippen LogP) is 3.69. The van der Waals surface area contributed by atoms with Crippen molar-refractivity contribution in [2.24, 2.45) is 5.92 Å². The highest BCUT2D eigenvalue weighted by Crippen LogP contribution is 2.33. The van der Waals surface area contributed by atoms with E-state index in [1.54, 1.807) is 7.11 Å². The van der Waals surface area contributed by atoms with E-state index in [2.05, 4.69) is 5.10 Å². The molecular formula is C19H18N2O2. The van der Waals surface area contributed by atoms with Crippen LogP contribution in [0.5, 0.6) is 5.75 Å². The van der Waals surface area contributed by atoms with Crippen molar-refractivity contribution in [2.45, 2.75) is 19.4 Å². The van der Waals surface area contributed by atoms with Gasteiger partial charge in [0.05, 0.1) is 12.6 Å². The van der Waals surface area contributed by atoms with Gasteiger partial charge in [0.15, 0.2) is 0 Å². The molecule has 0 atom stereocenters. The van der Waals surface area contributed by atoms with Crippen molar-refractivity contribution in [1.82, 2.24) is 9.78 Å². The van der Waals surface area contributed by atoms with Gasteiger partial charge in [0.2, 0.25) is 5.78 Å². The molecule has 4 heteroatoms. The molecule has 23 heavy (non-hydrogen) atoms. The van der Waals surface area contributed by atoms with Gasteiger partial charge in [0.1, 0.15) is 11.4 Å². The molecule has 0 unspecified atom stereocenters. The number of carbonyl (C=O) groups is 1. The number of methoxy groups -OCH3 is 1. The Balaban J connectivity index is 1.84. The van der Waals surface area contributed by atoms with E-state index in [0.29, 0.717) is 17.2 Å². The fourth-order valence-electron chi connectivity index (χ4n) is 2.86. The molecule has 3 aromatic rings. The average molecular weight is 306 g/mol. The van der Waals surface area contributed by atoms with Crippen molar-refractivity contribution >= 4 is 16.7 Å². The first-order chi connectivity index (χ1) is 11.3. The van der Waals surface area contributed by atoms with E-state index in [9.17, 15) is 4.79 Å². The Morgan fingerprint density at radius 3 is 2.70 bits per heavy atom. The number of ether oxygens (including phenoxy) is 1. The van der Waals surface area contributed by atoms with Gasteiger partial charge in [-0.3, -0.25) is 9.48 Å². The van der Waals surface area contributed by atoms with Gasteiger partial charge in [-0.05, 0) is 30.9 Å². The predicted molar refractivity (Wildman–Crippen MR) is 88.9 cm³/mol. The minimum Gasteiger partial charge on any atom is -0.497 e. The first kappa shape index (κ1) is 14.0. The van der Waals surface area contributed by atoms with Crippen LogP contribution in [-0.2, 0) is 6.54 Å². The number of carbonyl (C=O) groups excluding carboxylic acids is 1. The van der Waals surface area contributed by atoms with Crippen LogP contribution in [0.2, 0.25) is 0 Å². The number of aromatic nitrogens is 2. The fraction of sp³-hybridized carbons (Fsp3) is 0.263. The summed E-state index contributed by atoms with van der Waals surface area (Å²) in [5.74, 6) is 1.44. The topological polar surface area (TPSA) is 44.1 Å². The molecule has 2 aromatic carbocycles. The summed E-state index contributed by atoms with van der Waals surface area (Å²) >= 11 is 0. The summed E-state index contributed by atoms with van der Waals surface area (Å²) in [6.07, 6.45) is 2.49. The Morgan fingerprint density at radius 1 is 1.22 bits per heavy atom. The first-order valence-corrected chi connectivity index (χ1v) is 7.90. The average Bonchev–Trinajstić information content (AvgIpc) is 3.35. The minimum atomic E-state index is -0.0321. The maximum atomic E-state index is 12.8. The van der Waals surface area contributed by atoms with Gasteiger partial charge in [0, 0.05) is 23.6 Å². The Labute approximate surface area is 134 Å². The second-order valence-corrected chi connectivity index (χ2v) is 6.05. The molecule has 1 aliphatic rings. The number of ketones is 1. The summed E-state index contributed by atoms with van der Waals surface area (Å²) in [6.45, 7) is 0.867. The lowest BCUT2D eigenvalue weighted by Crippen LogP contribution is -2.06. The highest BCUT2D eigenvalue weighted by molar-refractivity contribution is 6.14. The van der Waals surface area contributed by atoms with E-state index < -0.39 is 0 Å². The molecule has 4 rings (SSSR count). The van der Waals surface area contributed by atoms with E-state index in [4.69, 9.17) is 4.74 Å². The molecule has 0 N–H and O–H groups in total. The van der Waals surface area contributed by atoms with Gasteiger partial charge in [-0.2, -0.15) is 5.10 Å². The van der Waals surface area contributed by atoms with Crippen LogP contribution in [0, 0.1) is 5.92 Å². The summed E-state index contributed by atoms with van der Waals surface area (Å²) in [4.78, 5) is 12.8. The van der Waals surface area contributed by atoms with Crippen molar-refractivity contribution in [3.05, 3.63) is 59.8 Å². The molecule has 1 saturated carbocycles. The van der Waals surface area contributed by atoms with E-state index in [-0.39, 0.29) is 5.78 Å². The molecule has 1 aliphatic carbocycles. The third kappa shape index (κ3) is 2.61. The molecule has 0 amide bonds. The van der Waals surface area contributed by atoms with E-state index in [1.165, 1.54) is 12.8 Å². The zero-order valence-corrected chi connectivity index (χ0v) is 13.0. The molecule has 0 spiro atoms. The van der Waals surface area contributed by atoms with E-state index in [1.807, 2.05) is 53.2 Å². The summed E-state index contributed by atoms with van der Waals surface area (Å²) in [5, 5.41) is 5.52. The van der Waals surface area contributed by atoms with Gasteiger partial charge < -0.3 is 4.74 Å². The van der Waals surface area contributed by atoms with Crippen molar-refractivity contribution in [3.63, 3.8) is 0 Å². The van der Waals surface area contributed by atoms with Crippen LogP contribution in [0.1, 0.15) is 28.9 Å².